The molecule has 0 radical (unpaired) electrons. The zero-order valence-electron chi connectivity index (χ0n) is 7.41. The van der Waals surface area contributed by atoms with Crippen molar-refractivity contribution in [2.24, 2.45) is 5.41 Å². The molecule has 0 saturated carbocycles. The summed E-state index contributed by atoms with van der Waals surface area (Å²) in [6.45, 7) is 6.92. The van der Waals surface area contributed by atoms with E-state index >= 15 is 0 Å². The average Bonchev–Trinajstić information content (AvgIpc) is 2.01. The molecule has 0 rings (SSSR count). The molecule has 1 heteroatoms. The number of halogens is 1. The molecule has 0 bridgehead atoms. The van der Waals surface area contributed by atoms with Gasteiger partial charge < -0.3 is 0 Å². The molecule has 0 unspecified atom stereocenters. The van der Waals surface area contributed by atoms with Gasteiger partial charge in [0.05, 0.1) is 0 Å². The maximum absolute atomic E-state index is 2.53. The van der Waals surface area contributed by atoms with Crippen molar-refractivity contribution in [2.75, 3.05) is 4.43 Å². The monoisotopic (exact) mass is 254 g/mol. The molecule has 0 atom stereocenters. The van der Waals surface area contributed by atoms with E-state index in [-0.39, 0.29) is 0 Å². The predicted molar refractivity (Wildman–Crippen MR) is 56.8 cm³/mol. The molecule has 0 N–H and O–H groups in total. The first-order chi connectivity index (χ1) is 4.74. The van der Waals surface area contributed by atoms with Crippen molar-refractivity contribution < 1.29 is 0 Å². The predicted octanol–water partition coefficient (Wildman–Crippen LogP) is 4.03. The Morgan fingerprint density at radius 3 is 1.70 bits per heavy atom. The van der Waals surface area contributed by atoms with Gasteiger partial charge in [-0.3, -0.25) is 0 Å². The summed E-state index contributed by atoms with van der Waals surface area (Å²) in [5.74, 6) is 0. The Kier molecular flexibility index (Phi) is 5.78. The Hall–Kier alpha value is 0.730. The Bertz CT molecular complexity index is 66.5. The van der Waals surface area contributed by atoms with Gasteiger partial charge in [0.2, 0.25) is 0 Å². The Morgan fingerprint density at radius 1 is 1.10 bits per heavy atom. The van der Waals surface area contributed by atoms with Crippen LogP contribution in [0.4, 0.5) is 0 Å². The maximum Gasteiger partial charge on any atom is 0.00517 e. The normalized spacial score (nSPS) is 12.0. The largest absolute Gasteiger partial charge is 0.0858 e. The summed E-state index contributed by atoms with van der Waals surface area (Å²) in [6, 6.07) is 0. The van der Waals surface area contributed by atoms with Gasteiger partial charge in [0, 0.05) is 4.43 Å². The van der Waals surface area contributed by atoms with Gasteiger partial charge in [0.15, 0.2) is 0 Å². The summed E-state index contributed by atoms with van der Waals surface area (Å²) in [5.41, 5.74) is 0.662. The minimum Gasteiger partial charge on any atom is -0.0858 e. The van der Waals surface area contributed by atoms with Crippen LogP contribution in [-0.2, 0) is 0 Å². The Balaban J connectivity index is 3.87. The number of rotatable bonds is 5. The van der Waals surface area contributed by atoms with Gasteiger partial charge in [-0.05, 0) is 24.7 Å². The van der Waals surface area contributed by atoms with Crippen molar-refractivity contribution in [3.63, 3.8) is 0 Å². The van der Waals surface area contributed by atoms with Crippen LogP contribution >= 0.6 is 22.6 Å². The smallest absolute Gasteiger partial charge is 0.00517 e. The third kappa shape index (κ3) is 2.77. The second-order valence-corrected chi connectivity index (χ2v) is 3.85. The van der Waals surface area contributed by atoms with Crippen molar-refractivity contribution in [3.8, 4) is 0 Å². The fourth-order valence-electron chi connectivity index (χ4n) is 1.39. The van der Waals surface area contributed by atoms with Gasteiger partial charge in [-0.2, -0.15) is 0 Å². The molecule has 0 heterocycles. The van der Waals surface area contributed by atoms with Crippen LogP contribution in [0.2, 0.25) is 0 Å². The quantitative estimate of drug-likeness (QED) is 0.513. The maximum atomic E-state index is 2.53. The van der Waals surface area contributed by atoms with Gasteiger partial charge in [0.1, 0.15) is 0 Å². The zero-order valence-corrected chi connectivity index (χ0v) is 9.57. The fraction of sp³-hybridized carbons (Fsp3) is 1.00. The second-order valence-electron chi connectivity index (χ2n) is 3.09. The van der Waals surface area contributed by atoms with Crippen molar-refractivity contribution in [1.82, 2.24) is 0 Å². The molecule has 0 nitrogen and oxygen atoms in total. The molecular weight excluding hydrogens is 235 g/mol. The lowest BCUT2D eigenvalue weighted by atomic mass is 9.81. The van der Waals surface area contributed by atoms with Gasteiger partial charge in [-0.25, -0.2) is 0 Å². The van der Waals surface area contributed by atoms with Crippen molar-refractivity contribution >= 4 is 22.6 Å². The molecular formula is C9H19I. The molecule has 0 aromatic rings. The van der Waals surface area contributed by atoms with Gasteiger partial charge in [-0.15, -0.1) is 0 Å². The van der Waals surface area contributed by atoms with Crippen LogP contribution in [0, 0.1) is 5.41 Å². The molecule has 0 fully saturated rings. The Morgan fingerprint density at radius 2 is 1.60 bits per heavy atom. The SMILES string of the molecule is CCCC(CC)(CC)CI. The minimum absolute atomic E-state index is 0.662. The van der Waals surface area contributed by atoms with Crippen LogP contribution in [0.25, 0.3) is 0 Å². The first-order valence-electron chi connectivity index (χ1n) is 4.30. The van der Waals surface area contributed by atoms with Crippen molar-refractivity contribution in [3.05, 3.63) is 0 Å². The number of hydrogen-bond acceptors (Lipinski definition) is 0. The molecule has 62 valence electrons. The highest BCUT2D eigenvalue weighted by molar-refractivity contribution is 14.1. The number of alkyl halides is 1. The molecule has 0 aliphatic rings. The van der Waals surface area contributed by atoms with E-state index in [0.29, 0.717) is 5.41 Å². The van der Waals surface area contributed by atoms with Gasteiger partial charge >= 0.3 is 0 Å². The van der Waals surface area contributed by atoms with E-state index in [1.807, 2.05) is 0 Å². The highest BCUT2D eigenvalue weighted by atomic mass is 127. The van der Waals surface area contributed by atoms with Crippen LogP contribution in [0.5, 0.6) is 0 Å². The molecule has 0 aromatic carbocycles. The van der Waals surface area contributed by atoms with Crippen molar-refractivity contribution in [2.45, 2.75) is 46.5 Å². The molecule has 0 aliphatic carbocycles. The van der Waals surface area contributed by atoms with E-state index in [9.17, 15) is 0 Å². The van der Waals surface area contributed by atoms with E-state index in [1.54, 1.807) is 0 Å². The van der Waals surface area contributed by atoms with Crippen LogP contribution in [0.15, 0.2) is 0 Å². The fourth-order valence-corrected chi connectivity index (χ4v) is 2.85. The minimum atomic E-state index is 0.662. The summed E-state index contributed by atoms with van der Waals surface area (Å²) in [4.78, 5) is 0. The van der Waals surface area contributed by atoms with Crippen molar-refractivity contribution in [1.29, 1.82) is 0 Å². The lowest BCUT2D eigenvalue weighted by molar-refractivity contribution is 0.284. The molecule has 0 spiro atoms. The topological polar surface area (TPSA) is 0 Å². The molecule has 0 saturated heterocycles. The molecule has 0 aromatic heterocycles. The highest BCUT2D eigenvalue weighted by Crippen LogP contribution is 2.33. The van der Waals surface area contributed by atoms with E-state index in [0.717, 1.165) is 0 Å². The van der Waals surface area contributed by atoms with Crippen LogP contribution in [0.1, 0.15) is 46.5 Å². The van der Waals surface area contributed by atoms with Crippen LogP contribution in [0.3, 0.4) is 0 Å². The van der Waals surface area contributed by atoms with E-state index in [2.05, 4.69) is 43.4 Å². The van der Waals surface area contributed by atoms with E-state index in [1.165, 1.54) is 30.1 Å². The van der Waals surface area contributed by atoms with E-state index < -0.39 is 0 Å². The summed E-state index contributed by atoms with van der Waals surface area (Å²) in [6.07, 6.45) is 5.44. The third-order valence-electron chi connectivity index (χ3n) is 2.56. The lowest BCUT2D eigenvalue weighted by Gasteiger charge is -2.28. The number of hydrogen-bond donors (Lipinski definition) is 0. The highest BCUT2D eigenvalue weighted by Gasteiger charge is 2.22. The summed E-state index contributed by atoms with van der Waals surface area (Å²) in [7, 11) is 0. The van der Waals surface area contributed by atoms with E-state index in [4.69, 9.17) is 0 Å². The molecule has 0 amide bonds. The van der Waals surface area contributed by atoms with Gasteiger partial charge in [-0.1, -0.05) is 49.8 Å². The molecule has 0 aliphatic heterocycles. The third-order valence-corrected chi connectivity index (χ3v) is 4.18. The first kappa shape index (κ1) is 10.7. The standard InChI is InChI=1S/C9H19I/c1-4-7-9(5-2,6-3)8-10/h4-8H2,1-3H3. The Labute approximate surface area is 78.9 Å². The van der Waals surface area contributed by atoms with Crippen LogP contribution < -0.4 is 0 Å². The summed E-state index contributed by atoms with van der Waals surface area (Å²) < 4.78 is 1.32. The lowest BCUT2D eigenvalue weighted by Crippen LogP contribution is -2.19. The van der Waals surface area contributed by atoms with Gasteiger partial charge in [0.25, 0.3) is 0 Å². The second kappa shape index (κ2) is 5.39. The summed E-state index contributed by atoms with van der Waals surface area (Å²) in [5, 5.41) is 0. The summed E-state index contributed by atoms with van der Waals surface area (Å²) >= 11 is 2.53. The van der Waals surface area contributed by atoms with Crippen LogP contribution in [-0.4, -0.2) is 4.43 Å². The first-order valence-corrected chi connectivity index (χ1v) is 5.83. The molecule has 10 heavy (non-hydrogen) atoms. The zero-order chi connectivity index (χ0) is 8.04. The average molecular weight is 254 g/mol.